The van der Waals surface area contributed by atoms with Gasteiger partial charge in [0.05, 0.1) is 6.04 Å². The highest BCUT2D eigenvalue weighted by molar-refractivity contribution is 4.93. The summed E-state index contributed by atoms with van der Waals surface area (Å²) >= 11 is 0. The van der Waals surface area contributed by atoms with Crippen LogP contribution in [0.4, 0.5) is 0 Å². The lowest BCUT2D eigenvalue weighted by Crippen LogP contribution is -2.43. The Kier molecular flexibility index (Phi) is 6.38. The zero-order chi connectivity index (χ0) is 11.2. The molecule has 0 aromatic carbocycles. The van der Waals surface area contributed by atoms with Crippen LogP contribution in [0.3, 0.4) is 0 Å². The molecule has 2 N–H and O–H groups in total. The highest BCUT2D eigenvalue weighted by atomic mass is 15.0. The first kappa shape index (κ1) is 13.9. The normalized spacial score (nSPS) is 12.9. The Morgan fingerprint density at radius 1 is 1.21 bits per heavy atom. The molecule has 0 rings (SSSR count). The summed E-state index contributed by atoms with van der Waals surface area (Å²) in [6.45, 7) is 15.3. The first-order chi connectivity index (χ1) is 6.35. The maximum Gasteiger partial charge on any atom is 0.0504 e. The van der Waals surface area contributed by atoms with Crippen LogP contribution < -0.4 is 10.6 Å². The van der Waals surface area contributed by atoms with Crippen molar-refractivity contribution in [2.45, 2.75) is 53.5 Å². The standard InChI is InChI=1S/C12H27N2/c1-7-11(14-12(4,5)6)9-13-8-10(2)3/h10,13-14H,7-9H2,1-6H3. The number of hydrogen-bond donors (Lipinski definition) is 2. The summed E-state index contributed by atoms with van der Waals surface area (Å²) < 4.78 is 0. The van der Waals surface area contributed by atoms with E-state index in [0.29, 0.717) is 0 Å². The van der Waals surface area contributed by atoms with E-state index in [9.17, 15) is 0 Å². The summed E-state index contributed by atoms with van der Waals surface area (Å²) in [5.41, 5.74) is 0.185. The number of hydrogen-bond acceptors (Lipinski definition) is 2. The molecule has 0 atom stereocenters. The van der Waals surface area contributed by atoms with Gasteiger partial charge in [-0.3, -0.25) is 0 Å². The first-order valence-electron chi connectivity index (χ1n) is 5.68. The van der Waals surface area contributed by atoms with Crippen LogP contribution in [0, 0.1) is 12.0 Å². The smallest absolute Gasteiger partial charge is 0.0504 e. The monoisotopic (exact) mass is 199 g/mol. The van der Waals surface area contributed by atoms with E-state index in [2.05, 4.69) is 52.2 Å². The SMILES string of the molecule is CC[C](CNCC(C)C)NC(C)(C)C. The Morgan fingerprint density at radius 2 is 1.79 bits per heavy atom. The summed E-state index contributed by atoms with van der Waals surface area (Å²) in [4.78, 5) is 0. The van der Waals surface area contributed by atoms with E-state index < -0.39 is 0 Å². The van der Waals surface area contributed by atoms with Crippen molar-refractivity contribution >= 4 is 0 Å². The minimum atomic E-state index is 0.185. The topological polar surface area (TPSA) is 24.1 Å². The van der Waals surface area contributed by atoms with Crippen LogP contribution in [0.15, 0.2) is 0 Å². The van der Waals surface area contributed by atoms with Crippen molar-refractivity contribution in [1.29, 1.82) is 0 Å². The van der Waals surface area contributed by atoms with Crippen LogP contribution in [0.2, 0.25) is 0 Å². The molecule has 0 aliphatic rings. The van der Waals surface area contributed by atoms with Crippen LogP contribution in [0.25, 0.3) is 0 Å². The fraction of sp³-hybridized carbons (Fsp3) is 0.917. The van der Waals surface area contributed by atoms with Crippen molar-refractivity contribution in [2.24, 2.45) is 5.92 Å². The largest absolute Gasteiger partial charge is 0.315 e. The molecule has 0 amide bonds. The summed E-state index contributed by atoms with van der Waals surface area (Å²) in [6.07, 6.45) is 1.10. The maximum atomic E-state index is 3.53. The minimum Gasteiger partial charge on any atom is -0.315 e. The fourth-order valence-corrected chi connectivity index (χ4v) is 1.30. The second kappa shape index (κ2) is 6.41. The van der Waals surface area contributed by atoms with Gasteiger partial charge in [0.25, 0.3) is 0 Å². The number of rotatable bonds is 6. The fourth-order valence-electron chi connectivity index (χ4n) is 1.30. The number of nitrogens with one attached hydrogen (secondary N) is 2. The van der Waals surface area contributed by atoms with Gasteiger partial charge in [-0.15, -0.1) is 0 Å². The zero-order valence-corrected chi connectivity index (χ0v) is 10.7. The molecule has 0 aromatic rings. The molecular weight excluding hydrogens is 172 g/mol. The lowest BCUT2D eigenvalue weighted by Gasteiger charge is -2.27. The van der Waals surface area contributed by atoms with Crippen molar-refractivity contribution in [2.75, 3.05) is 13.1 Å². The molecule has 0 aliphatic carbocycles. The predicted octanol–water partition coefficient (Wildman–Crippen LogP) is 2.56. The van der Waals surface area contributed by atoms with Gasteiger partial charge in [0.1, 0.15) is 0 Å². The van der Waals surface area contributed by atoms with Crippen molar-refractivity contribution < 1.29 is 0 Å². The molecule has 0 fully saturated rings. The zero-order valence-electron chi connectivity index (χ0n) is 10.7. The summed E-state index contributed by atoms with van der Waals surface area (Å²) in [6, 6.07) is 1.40. The highest BCUT2D eigenvalue weighted by Crippen LogP contribution is 2.08. The molecule has 0 aliphatic heterocycles. The van der Waals surface area contributed by atoms with Crippen LogP contribution >= 0.6 is 0 Å². The van der Waals surface area contributed by atoms with Crippen LogP contribution in [-0.4, -0.2) is 18.6 Å². The molecule has 0 bridgehead atoms. The molecule has 14 heavy (non-hydrogen) atoms. The lowest BCUT2D eigenvalue weighted by atomic mass is 10.1. The second-order valence-electron chi connectivity index (χ2n) is 5.36. The molecule has 0 unspecified atom stereocenters. The second-order valence-corrected chi connectivity index (χ2v) is 5.36. The highest BCUT2D eigenvalue weighted by Gasteiger charge is 2.15. The third kappa shape index (κ3) is 8.52. The Labute approximate surface area is 89.9 Å². The Hall–Kier alpha value is -0.0800. The Balaban J connectivity index is 3.69. The van der Waals surface area contributed by atoms with E-state index in [-0.39, 0.29) is 5.54 Å². The van der Waals surface area contributed by atoms with Crippen LogP contribution in [-0.2, 0) is 0 Å². The van der Waals surface area contributed by atoms with Gasteiger partial charge >= 0.3 is 0 Å². The van der Waals surface area contributed by atoms with Gasteiger partial charge in [0.2, 0.25) is 0 Å². The third-order valence-electron chi connectivity index (χ3n) is 1.87. The molecule has 0 spiro atoms. The van der Waals surface area contributed by atoms with E-state index in [1.807, 2.05) is 0 Å². The van der Waals surface area contributed by atoms with E-state index in [1.54, 1.807) is 0 Å². The van der Waals surface area contributed by atoms with Crippen molar-refractivity contribution in [3.63, 3.8) is 0 Å². The molecule has 0 saturated carbocycles. The molecule has 2 nitrogen and oxygen atoms in total. The average molecular weight is 199 g/mol. The van der Waals surface area contributed by atoms with E-state index in [4.69, 9.17) is 0 Å². The van der Waals surface area contributed by atoms with Gasteiger partial charge in [-0.05, 0) is 39.7 Å². The van der Waals surface area contributed by atoms with E-state index in [0.717, 1.165) is 25.4 Å². The lowest BCUT2D eigenvalue weighted by molar-refractivity contribution is 0.404. The first-order valence-corrected chi connectivity index (χ1v) is 5.68. The molecule has 1 radical (unpaired) electrons. The van der Waals surface area contributed by atoms with Crippen molar-refractivity contribution in [3.05, 3.63) is 6.04 Å². The van der Waals surface area contributed by atoms with Gasteiger partial charge < -0.3 is 10.6 Å². The summed E-state index contributed by atoms with van der Waals surface area (Å²) in [5, 5.41) is 6.99. The van der Waals surface area contributed by atoms with Gasteiger partial charge in [0.15, 0.2) is 0 Å². The van der Waals surface area contributed by atoms with Crippen LogP contribution in [0.1, 0.15) is 48.0 Å². The van der Waals surface area contributed by atoms with Crippen LogP contribution in [0.5, 0.6) is 0 Å². The maximum absolute atomic E-state index is 3.53. The Morgan fingerprint density at radius 3 is 2.14 bits per heavy atom. The molecule has 2 heteroatoms. The van der Waals surface area contributed by atoms with Gasteiger partial charge in [-0.1, -0.05) is 20.8 Å². The predicted molar refractivity (Wildman–Crippen MR) is 64.1 cm³/mol. The van der Waals surface area contributed by atoms with E-state index in [1.165, 1.54) is 6.04 Å². The summed E-state index contributed by atoms with van der Waals surface area (Å²) in [5.74, 6) is 0.725. The van der Waals surface area contributed by atoms with Crippen molar-refractivity contribution in [3.8, 4) is 0 Å². The third-order valence-corrected chi connectivity index (χ3v) is 1.87. The summed E-state index contributed by atoms with van der Waals surface area (Å²) in [7, 11) is 0. The average Bonchev–Trinajstić information content (AvgIpc) is 1.99. The molecular formula is C12H27N2. The molecule has 0 heterocycles. The molecule has 85 valence electrons. The van der Waals surface area contributed by atoms with Gasteiger partial charge in [0, 0.05) is 12.1 Å². The molecule has 0 aromatic heterocycles. The Bertz CT molecular complexity index is 136. The molecule has 0 saturated heterocycles. The van der Waals surface area contributed by atoms with Gasteiger partial charge in [-0.25, -0.2) is 0 Å². The van der Waals surface area contributed by atoms with E-state index >= 15 is 0 Å². The van der Waals surface area contributed by atoms with Gasteiger partial charge in [-0.2, -0.15) is 0 Å². The minimum absolute atomic E-state index is 0.185. The van der Waals surface area contributed by atoms with Crippen molar-refractivity contribution in [1.82, 2.24) is 10.6 Å². The quantitative estimate of drug-likeness (QED) is 0.687.